The second-order valence-corrected chi connectivity index (χ2v) is 11.5. The number of nitrogens with one attached hydrogen (secondary N) is 2. The van der Waals surface area contributed by atoms with Gasteiger partial charge in [-0.05, 0) is 0 Å². The Morgan fingerprint density at radius 1 is 0.738 bits per heavy atom. The first kappa shape index (κ1) is 35.9. The second-order valence-electron chi connectivity index (χ2n) is 8.77. The molecule has 5 rings (SSSR count). The van der Waals surface area contributed by atoms with E-state index in [1.165, 1.54) is 0 Å². The van der Waals surface area contributed by atoms with Gasteiger partial charge in [-0.2, -0.15) is 0 Å². The van der Waals surface area contributed by atoms with E-state index in [2.05, 4.69) is 0 Å². The van der Waals surface area contributed by atoms with Crippen LogP contribution in [0.5, 0.6) is 0 Å². The number of rotatable bonds is 2. The number of nitrogens with zero attached hydrogens (tertiary/aromatic N) is 2. The van der Waals surface area contributed by atoms with Gasteiger partial charge >= 0.3 is 70.5 Å². The zero-order valence-electron chi connectivity index (χ0n) is 21.7. The fourth-order valence-electron chi connectivity index (χ4n) is 4.37. The molecule has 0 aromatic carbocycles. The van der Waals surface area contributed by atoms with Crippen molar-refractivity contribution in [1.82, 2.24) is 19.1 Å². The zero-order valence-corrected chi connectivity index (χ0v) is 27.5. The quantitative estimate of drug-likeness (QED) is 0.172. The molecular weight excluding hydrogens is 636 g/mol. The van der Waals surface area contributed by atoms with Crippen LogP contribution < -0.4 is 91.4 Å². The monoisotopic (exact) mass is 656 g/mol. The van der Waals surface area contributed by atoms with Crippen molar-refractivity contribution < 1.29 is 116 Å². The summed E-state index contributed by atoms with van der Waals surface area (Å²) in [5.74, 6) is 0. The molecule has 220 valence electrons. The predicted molar refractivity (Wildman–Crippen MR) is 119 cm³/mol. The van der Waals surface area contributed by atoms with E-state index in [0.29, 0.717) is 9.13 Å². The molecule has 5 heterocycles. The summed E-state index contributed by atoms with van der Waals surface area (Å²) in [6, 6.07) is 1.83. The second kappa shape index (κ2) is 13.8. The molecule has 3 saturated heterocycles. The predicted octanol–water partition coefficient (Wildman–Crippen LogP) is -10.6. The Morgan fingerprint density at radius 2 is 1.10 bits per heavy atom. The first-order valence-corrected chi connectivity index (χ1v) is 14.2. The molecule has 2 aromatic heterocycles. The van der Waals surface area contributed by atoms with E-state index in [1.807, 2.05) is 9.97 Å². The minimum Gasteiger partial charge on any atom is -0.756 e. The van der Waals surface area contributed by atoms with Crippen molar-refractivity contribution in [2.45, 2.75) is 49.1 Å². The van der Waals surface area contributed by atoms with Gasteiger partial charge in [-0.3, -0.25) is 37.8 Å². The Labute approximate surface area is 277 Å². The average Bonchev–Trinajstić information content (AvgIpc) is 3.32. The van der Waals surface area contributed by atoms with Gasteiger partial charge in [-0.25, -0.2) is 9.59 Å². The normalized spacial score (nSPS) is 38.6. The third-order valence-electron chi connectivity index (χ3n) is 6.16. The SMILES string of the molecule is O=c1ccn(C2OC3COP(=O)([O-])OC4C(COP(=O)([O-])OC3C2O)OC(n2ccc(=O)[nH]c2=O)C4O)c(=O)[nH]1.[Na+].[Na+]. The maximum atomic E-state index is 12.7. The molecule has 2 aromatic rings. The Morgan fingerprint density at radius 3 is 1.43 bits per heavy atom. The zero-order chi connectivity index (χ0) is 29.0. The molecule has 0 spiro atoms. The number of hydrogen-bond acceptors (Lipinski definition) is 16. The van der Waals surface area contributed by atoms with E-state index in [4.69, 9.17) is 27.6 Å². The summed E-state index contributed by atoms with van der Waals surface area (Å²) in [6.45, 7) is -2.01. The molecule has 42 heavy (non-hydrogen) atoms. The molecule has 3 aliphatic heterocycles. The summed E-state index contributed by atoms with van der Waals surface area (Å²) < 4.78 is 57.1. The molecule has 20 nitrogen and oxygen atoms in total. The number of phosphoric ester groups is 2. The van der Waals surface area contributed by atoms with Gasteiger partial charge in [0.1, 0.15) is 36.6 Å². The van der Waals surface area contributed by atoms with Crippen LogP contribution in [0.15, 0.2) is 43.7 Å². The number of fused-ring (bicyclic) bond motifs is 2. The van der Waals surface area contributed by atoms with E-state index in [9.17, 15) is 48.3 Å². The van der Waals surface area contributed by atoms with Gasteiger partial charge in [0.25, 0.3) is 26.8 Å². The van der Waals surface area contributed by atoms with E-state index in [1.54, 1.807) is 0 Å². The summed E-state index contributed by atoms with van der Waals surface area (Å²) >= 11 is 0. The Hall–Kier alpha value is -0.580. The molecule has 0 aliphatic carbocycles. The number of aliphatic hydroxyl groups excluding tert-OH is 2. The first-order chi connectivity index (χ1) is 18.7. The van der Waals surface area contributed by atoms with E-state index < -0.39 is 100 Å². The van der Waals surface area contributed by atoms with Crippen molar-refractivity contribution in [2.75, 3.05) is 13.2 Å². The van der Waals surface area contributed by atoms with Crippen LogP contribution >= 0.6 is 15.6 Å². The summed E-state index contributed by atoms with van der Waals surface area (Å²) in [4.78, 5) is 76.2. The maximum absolute atomic E-state index is 12.7. The minimum atomic E-state index is -5.36. The van der Waals surface area contributed by atoms with Crippen molar-refractivity contribution in [3.05, 3.63) is 66.2 Å². The molecule has 0 saturated carbocycles. The van der Waals surface area contributed by atoms with Gasteiger partial charge in [0.15, 0.2) is 12.5 Å². The van der Waals surface area contributed by atoms with E-state index in [0.717, 1.165) is 24.5 Å². The Balaban J connectivity index is 0.00000242. The fourth-order valence-corrected chi connectivity index (χ4v) is 6.27. The molecule has 10 atom stereocenters. The van der Waals surface area contributed by atoms with Crippen LogP contribution in [-0.4, -0.2) is 79.2 Å². The summed E-state index contributed by atoms with van der Waals surface area (Å²) in [5.41, 5.74) is -3.62. The molecule has 3 aliphatic rings. The number of aromatic nitrogens is 4. The molecule has 0 radical (unpaired) electrons. The van der Waals surface area contributed by atoms with Crippen LogP contribution in [0.2, 0.25) is 0 Å². The first-order valence-electron chi connectivity index (χ1n) is 11.3. The Kier molecular flexibility index (Phi) is 11.8. The largest absolute Gasteiger partial charge is 1.00 e. The Bertz CT molecular complexity index is 1500. The smallest absolute Gasteiger partial charge is 0.756 e. The van der Waals surface area contributed by atoms with Crippen LogP contribution in [0.4, 0.5) is 0 Å². The standard InChI is InChI=1S/C18H22N4O16P2.2Na/c23-9-1-3-21(17(27)19-9)15-11(25)13-7(35-15)5-33-40(31,32)38-14-8(6-34-39(29,30)37-13)36-16(12(14)26)22-4-2-10(24)20-18(22)28;;/h1-4,7-8,11-16,25-26H,5-6H2,(H,29,30)(H,31,32)(H,19,23,27)(H,20,24,28);;/q;2*+1/p-2. The number of aromatic amines is 2. The van der Waals surface area contributed by atoms with Crippen LogP contribution in [0.3, 0.4) is 0 Å². The molecular formula is C18H20N4Na2O16P2. The van der Waals surface area contributed by atoms with Gasteiger partial charge in [0, 0.05) is 24.5 Å². The molecule has 0 bridgehead atoms. The van der Waals surface area contributed by atoms with Crippen molar-refractivity contribution in [2.24, 2.45) is 0 Å². The van der Waals surface area contributed by atoms with Crippen LogP contribution in [-0.2, 0) is 36.7 Å². The minimum absolute atomic E-state index is 0. The molecule has 0 amide bonds. The average molecular weight is 656 g/mol. The van der Waals surface area contributed by atoms with E-state index >= 15 is 0 Å². The van der Waals surface area contributed by atoms with Gasteiger partial charge in [-0.15, -0.1) is 0 Å². The summed E-state index contributed by atoms with van der Waals surface area (Å²) in [6.07, 6.45) is -12.3. The van der Waals surface area contributed by atoms with Crippen molar-refractivity contribution >= 4 is 15.6 Å². The van der Waals surface area contributed by atoms with Crippen LogP contribution in [0, 0.1) is 0 Å². The van der Waals surface area contributed by atoms with Gasteiger partial charge in [0.2, 0.25) is 0 Å². The number of aliphatic hydroxyl groups is 2. The van der Waals surface area contributed by atoms with Gasteiger partial charge in [-0.1, -0.05) is 0 Å². The number of ether oxygens (including phenoxy) is 2. The van der Waals surface area contributed by atoms with Crippen LogP contribution in [0.25, 0.3) is 0 Å². The van der Waals surface area contributed by atoms with Crippen molar-refractivity contribution in [3.8, 4) is 0 Å². The molecule has 4 N–H and O–H groups in total. The molecule has 24 heteroatoms. The van der Waals surface area contributed by atoms with E-state index in [-0.39, 0.29) is 59.1 Å². The third-order valence-corrected chi connectivity index (χ3v) is 8.10. The van der Waals surface area contributed by atoms with Gasteiger partial charge in [0.05, 0.1) is 13.2 Å². The third kappa shape index (κ3) is 7.61. The topological polar surface area (TPSA) is 286 Å². The number of phosphoric acid groups is 2. The molecule has 3 fully saturated rings. The van der Waals surface area contributed by atoms with Crippen molar-refractivity contribution in [1.29, 1.82) is 0 Å². The van der Waals surface area contributed by atoms with Crippen molar-refractivity contribution in [3.63, 3.8) is 0 Å². The fraction of sp³-hybridized carbons (Fsp3) is 0.556. The molecule has 10 unspecified atom stereocenters. The number of hydrogen-bond donors (Lipinski definition) is 4. The maximum Gasteiger partial charge on any atom is 1.00 e. The summed E-state index contributed by atoms with van der Waals surface area (Å²) in [5, 5.41) is 21.4. The van der Waals surface area contributed by atoms with Gasteiger partial charge < -0.3 is 47.6 Å². The summed E-state index contributed by atoms with van der Waals surface area (Å²) in [7, 11) is -10.7. The number of H-pyrrole nitrogens is 2. The van der Waals surface area contributed by atoms with Crippen LogP contribution in [0.1, 0.15) is 12.5 Å².